The van der Waals surface area contributed by atoms with Gasteiger partial charge in [-0.2, -0.15) is 0 Å². The van der Waals surface area contributed by atoms with E-state index in [0.717, 1.165) is 56.9 Å². The van der Waals surface area contributed by atoms with Crippen LogP contribution in [0.5, 0.6) is 0 Å². The molecule has 2 N–H and O–H groups in total. The molecule has 2 heterocycles. The highest BCUT2D eigenvalue weighted by molar-refractivity contribution is 5.82. The first-order chi connectivity index (χ1) is 24.6. The lowest BCUT2D eigenvalue weighted by Crippen LogP contribution is -2.10. The molecular weight excluding hydrogens is 609 g/mol. The van der Waals surface area contributed by atoms with Gasteiger partial charge in [-0.05, 0) is 133 Å². The fourth-order valence-corrected chi connectivity index (χ4v) is 6.58. The van der Waals surface area contributed by atoms with Gasteiger partial charge in [-0.1, -0.05) is 84.9 Å². The number of nitrogens with one attached hydrogen (secondary N) is 2. The van der Waals surface area contributed by atoms with Gasteiger partial charge < -0.3 is 19.8 Å². The number of aromatic amines is 2. The third kappa shape index (κ3) is 6.35. The van der Waals surface area contributed by atoms with Crippen molar-refractivity contribution in [3.63, 3.8) is 0 Å². The van der Waals surface area contributed by atoms with E-state index in [1.165, 1.54) is 22.3 Å². The van der Waals surface area contributed by atoms with Gasteiger partial charge >= 0.3 is 0 Å². The van der Waals surface area contributed by atoms with Crippen molar-refractivity contribution in [3.8, 4) is 33.6 Å². The molecule has 0 saturated carbocycles. The number of aromatic nitrogens is 2. The molecule has 8 aromatic rings. The molecule has 0 saturated heterocycles. The average Bonchev–Trinajstić information content (AvgIpc) is 3.82. The molecule has 0 unspecified atom stereocenters. The van der Waals surface area contributed by atoms with Gasteiger partial charge in [0.1, 0.15) is 0 Å². The van der Waals surface area contributed by atoms with Gasteiger partial charge in [-0.15, -0.1) is 0 Å². The number of H-pyrrole nitrogens is 2. The van der Waals surface area contributed by atoms with Gasteiger partial charge in [0, 0.05) is 56.9 Å². The van der Waals surface area contributed by atoms with Crippen molar-refractivity contribution in [2.75, 3.05) is 9.80 Å². The van der Waals surface area contributed by atoms with E-state index in [2.05, 4.69) is 216 Å². The minimum Gasteiger partial charge on any atom is -0.359 e. The summed E-state index contributed by atoms with van der Waals surface area (Å²) in [4.78, 5) is 11.5. The summed E-state index contributed by atoms with van der Waals surface area (Å²) in [6.45, 7) is 4.16. The second-order valence-corrected chi connectivity index (χ2v) is 12.6. The molecule has 4 heteroatoms. The maximum Gasteiger partial charge on any atom is 0.0462 e. The van der Waals surface area contributed by atoms with Gasteiger partial charge in [-0.25, -0.2) is 0 Å². The number of hydrogen-bond acceptors (Lipinski definition) is 2. The molecule has 4 nitrogen and oxygen atoms in total. The van der Waals surface area contributed by atoms with Crippen molar-refractivity contribution < 1.29 is 0 Å². The summed E-state index contributed by atoms with van der Waals surface area (Å²) in [6, 6.07) is 64.8. The summed E-state index contributed by atoms with van der Waals surface area (Å²) >= 11 is 0. The molecule has 0 amide bonds. The van der Waals surface area contributed by atoms with Crippen LogP contribution in [0.2, 0.25) is 0 Å². The highest BCUT2D eigenvalue weighted by atomic mass is 15.1. The Hall–Kier alpha value is -6.52. The van der Waals surface area contributed by atoms with E-state index in [0.29, 0.717) is 0 Å². The third-order valence-electron chi connectivity index (χ3n) is 9.15. The molecule has 0 spiro atoms. The second kappa shape index (κ2) is 13.5. The first-order valence-electron chi connectivity index (χ1n) is 17.0. The van der Waals surface area contributed by atoms with Crippen molar-refractivity contribution in [2.45, 2.75) is 13.8 Å². The van der Waals surface area contributed by atoms with Gasteiger partial charge in [0.2, 0.25) is 0 Å². The number of rotatable bonds is 9. The van der Waals surface area contributed by atoms with E-state index in [1.54, 1.807) is 0 Å². The van der Waals surface area contributed by atoms with Gasteiger partial charge in [0.05, 0.1) is 0 Å². The zero-order valence-corrected chi connectivity index (χ0v) is 28.2. The van der Waals surface area contributed by atoms with Crippen LogP contribution in [0.15, 0.2) is 182 Å². The Morgan fingerprint density at radius 1 is 0.280 bits per heavy atom. The summed E-state index contributed by atoms with van der Waals surface area (Å²) in [5, 5.41) is 0. The molecule has 2 aromatic heterocycles. The van der Waals surface area contributed by atoms with Crippen LogP contribution in [0, 0.1) is 13.8 Å². The van der Waals surface area contributed by atoms with Crippen molar-refractivity contribution in [3.05, 3.63) is 193 Å². The van der Waals surface area contributed by atoms with Crippen molar-refractivity contribution >= 4 is 34.1 Å². The summed E-state index contributed by atoms with van der Waals surface area (Å²) in [7, 11) is 0. The molecule has 0 aliphatic carbocycles. The van der Waals surface area contributed by atoms with E-state index in [9.17, 15) is 0 Å². The van der Waals surface area contributed by atoms with E-state index in [4.69, 9.17) is 0 Å². The predicted molar refractivity (Wildman–Crippen MR) is 210 cm³/mol. The number of para-hydroxylation sites is 2. The SMILES string of the molecule is Cc1ccc(-c2ccc(N(c3ccccc3)c3ccc(-c4ccc(N(c5ccccc5)c5ccc(-c6ccc(C)[nH]6)cc5)cc4)cc3)cc2)[nH]1. The van der Waals surface area contributed by atoms with E-state index < -0.39 is 0 Å². The minimum absolute atomic E-state index is 1.10. The summed E-state index contributed by atoms with van der Waals surface area (Å²) < 4.78 is 0. The molecule has 0 bridgehead atoms. The van der Waals surface area contributed by atoms with Crippen molar-refractivity contribution in [2.24, 2.45) is 0 Å². The molecule has 6 aromatic carbocycles. The lowest BCUT2D eigenvalue weighted by Gasteiger charge is -2.26. The van der Waals surface area contributed by atoms with Crippen molar-refractivity contribution in [1.82, 2.24) is 9.97 Å². The maximum atomic E-state index is 3.44. The molecule has 0 atom stereocenters. The topological polar surface area (TPSA) is 38.1 Å². The normalized spacial score (nSPS) is 11.0. The number of nitrogens with zero attached hydrogens (tertiary/aromatic N) is 2. The monoisotopic (exact) mass is 646 g/mol. The van der Waals surface area contributed by atoms with Crippen LogP contribution in [-0.4, -0.2) is 9.97 Å². The smallest absolute Gasteiger partial charge is 0.0462 e. The Balaban J connectivity index is 1.07. The Morgan fingerprint density at radius 2 is 0.560 bits per heavy atom. The van der Waals surface area contributed by atoms with Crippen LogP contribution in [0.4, 0.5) is 34.1 Å². The summed E-state index contributed by atoms with van der Waals surface area (Å²) in [5.41, 5.74) is 15.9. The largest absolute Gasteiger partial charge is 0.359 e. The lowest BCUT2D eigenvalue weighted by molar-refractivity contribution is 1.26. The van der Waals surface area contributed by atoms with Crippen LogP contribution < -0.4 is 9.80 Å². The average molecular weight is 647 g/mol. The van der Waals surface area contributed by atoms with Crippen molar-refractivity contribution in [1.29, 1.82) is 0 Å². The van der Waals surface area contributed by atoms with Crippen LogP contribution in [0.25, 0.3) is 33.6 Å². The van der Waals surface area contributed by atoms with Crippen LogP contribution >= 0.6 is 0 Å². The fraction of sp³-hybridized carbons (Fsp3) is 0.0435. The van der Waals surface area contributed by atoms with E-state index in [-0.39, 0.29) is 0 Å². The highest BCUT2D eigenvalue weighted by Crippen LogP contribution is 2.39. The number of hydrogen-bond donors (Lipinski definition) is 2. The maximum absolute atomic E-state index is 3.44. The quantitative estimate of drug-likeness (QED) is 0.164. The molecule has 0 aliphatic rings. The zero-order chi connectivity index (χ0) is 33.9. The Labute approximate surface area is 293 Å². The Kier molecular flexibility index (Phi) is 8.34. The minimum atomic E-state index is 1.10. The van der Waals surface area contributed by atoms with Crippen LogP contribution in [-0.2, 0) is 0 Å². The Morgan fingerprint density at radius 3 is 0.840 bits per heavy atom. The molecule has 0 radical (unpaired) electrons. The molecule has 8 rings (SSSR count). The predicted octanol–water partition coefficient (Wildman–Crippen LogP) is 12.9. The molecular formula is C46H38N4. The fourth-order valence-electron chi connectivity index (χ4n) is 6.58. The van der Waals surface area contributed by atoms with Gasteiger partial charge in [0.15, 0.2) is 0 Å². The van der Waals surface area contributed by atoms with E-state index in [1.807, 2.05) is 0 Å². The number of aryl methyl sites for hydroxylation is 2. The van der Waals surface area contributed by atoms with E-state index >= 15 is 0 Å². The standard InChI is InChI=1S/C46H38N4/c1-33-13-31-45(47-33)37-19-27-43(28-20-37)49(39-9-5-3-6-10-39)41-23-15-35(16-24-41)36-17-25-42(26-18-36)50(40-11-7-4-8-12-40)44-29-21-38(22-30-44)46-32-14-34(2)48-46/h3-32,47-48H,1-2H3. The number of benzene rings is 6. The van der Waals surface area contributed by atoms with Crippen LogP contribution in [0.1, 0.15) is 11.4 Å². The molecule has 242 valence electrons. The summed E-state index contributed by atoms with van der Waals surface area (Å²) in [6.07, 6.45) is 0. The number of anilines is 6. The lowest BCUT2D eigenvalue weighted by atomic mass is 10.0. The highest BCUT2D eigenvalue weighted by Gasteiger charge is 2.15. The van der Waals surface area contributed by atoms with Gasteiger partial charge in [0.25, 0.3) is 0 Å². The zero-order valence-electron chi connectivity index (χ0n) is 28.2. The molecule has 50 heavy (non-hydrogen) atoms. The molecule has 0 fully saturated rings. The van der Waals surface area contributed by atoms with Gasteiger partial charge in [-0.3, -0.25) is 0 Å². The first kappa shape index (κ1) is 30.8. The Bertz CT molecular complexity index is 2130. The van der Waals surface area contributed by atoms with Crippen LogP contribution in [0.3, 0.4) is 0 Å². The summed E-state index contributed by atoms with van der Waals surface area (Å²) in [5.74, 6) is 0. The first-order valence-corrected chi connectivity index (χ1v) is 17.0. The third-order valence-corrected chi connectivity index (χ3v) is 9.15. The molecule has 0 aliphatic heterocycles. The second-order valence-electron chi connectivity index (χ2n) is 12.6.